The molecule has 0 atom stereocenters. The molecule has 0 aromatic heterocycles. The third-order valence-corrected chi connectivity index (χ3v) is 7.04. The summed E-state index contributed by atoms with van der Waals surface area (Å²) in [7, 11) is 0. The van der Waals surface area contributed by atoms with E-state index in [4.69, 9.17) is 28.4 Å². The second kappa shape index (κ2) is 14.3. The fourth-order valence-electron chi connectivity index (χ4n) is 4.59. The predicted octanol–water partition coefficient (Wildman–Crippen LogP) is 4.98. The van der Waals surface area contributed by atoms with E-state index < -0.39 is 35.8 Å². The fraction of sp³-hybridized carbons (Fsp3) is 0.235. The largest absolute Gasteiger partial charge is 0.462 e. The molecule has 0 radical (unpaired) electrons. The standard InChI is InChI=1S/C34H28O12/c1-2-23-24-13-14-26(34(40)44-18-6-5-16-42-32(24)38)28(23)46-31(37)21-9-7-20(8-10-21)30(36)45-27-19-22-11-12-25(27)33(39)43-17-4-3-15-41-29(22)35/h2,7-14,19H,1,3-6,15-18H2. The molecule has 0 aliphatic carbocycles. The Morgan fingerprint density at radius 2 is 1.04 bits per heavy atom. The molecule has 0 saturated heterocycles. The summed E-state index contributed by atoms with van der Waals surface area (Å²) in [5.74, 6) is -5.02. The molecule has 7 rings (SSSR count). The summed E-state index contributed by atoms with van der Waals surface area (Å²) in [5.41, 5.74) is 0.0335. The second-order valence-electron chi connectivity index (χ2n) is 10.1. The average Bonchev–Trinajstić information content (AvgIpc) is 3.05. The molecular formula is C34H28O12. The van der Waals surface area contributed by atoms with Crippen LogP contribution >= 0.6 is 0 Å². The van der Waals surface area contributed by atoms with E-state index >= 15 is 0 Å². The molecule has 46 heavy (non-hydrogen) atoms. The first-order chi connectivity index (χ1) is 22.3. The molecule has 3 aromatic carbocycles. The summed E-state index contributed by atoms with van der Waals surface area (Å²) >= 11 is 0. The van der Waals surface area contributed by atoms with Gasteiger partial charge in [0.15, 0.2) is 5.75 Å². The van der Waals surface area contributed by atoms with Crippen molar-refractivity contribution in [3.63, 3.8) is 0 Å². The Hall–Kier alpha value is -5.78. The molecule has 0 spiro atoms. The van der Waals surface area contributed by atoms with E-state index in [1.165, 1.54) is 60.7 Å². The van der Waals surface area contributed by atoms with Gasteiger partial charge >= 0.3 is 35.8 Å². The van der Waals surface area contributed by atoms with E-state index in [2.05, 4.69) is 6.58 Å². The van der Waals surface area contributed by atoms with Crippen molar-refractivity contribution in [1.82, 2.24) is 0 Å². The third kappa shape index (κ3) is 7.12. The van der Waals surface area contributed by atoms with Crippen LogP contribution in [0.4, 0.5) is 0 Å². The molecule has 4 bridgehead atoms. The fourth-order valence-corrected chi connectivity index (χ4v) is 4.59. The summed E-state index contributed by atoms with van der Waals surface area (Å²) in [4.78, 5) is 76.8. The number of fused-ring (bicyclic) bond motifs is 18. The van der Waals surface area contributed by atoms with Crippen molar-refractivity contribution in [3.8, 4) is 11.5 Å². The van der Waals surface area contributed by atoms with Gasteiger partial charge < -0.3 is 28.4 Å². The number of rotatable bonds is 5. The molecule has 3 aromatic rings. The van der Waals surface area contributed by atoms with E-state index in [1.807, 2.05) is 0 Å². The SMILES string of the molecule is C=Cc1c2ccc(c1OC(=O)c1ccc(C(=O)Oc3cc4ccc3C(=O)OCCCCOC4=O)cc1)C(=O)OCCCCOC2=O. The van der Waals surface area contributed by atoms with Gasteiger partial charge in [-0.1, -0.05) is 12.7 Å². The molecule has 0 fully saturated rings. The monoisotopic (exact) mass is 628 g/mol. The summed E-state index contributed by atoms with van der Waals surface area (Å²) < 4.78 is 32.1. The van der Waals surface area contributed by atoms with Crippen molar-refractivity contribution in [2.24, 2.45) is 0 Å². The Morgan fingerprint density at radius 1 is 0.587 bits per heavy atom. The lowest BCUT2D eigenvalue weighted by Crippen LogP contribution is -2.18. The van der Waals surface area contributed by atoms with Gasteiger partial charge in [0.25, 0.3) is 0 Å². The minimum Gasteiger partial charge on any atom is -0.462 e. The smallest absolute Gasteiger partial charge is 0.343 e. The third-order valence-electron chi connectivity index (χ3n) is 7.04. The van der Waals surface area contributed by atoms with Gasteiger partial charge in [-0.3, -0.25) is 0 Å². The van der Waals surface area contributed by atoms with Crippen molar-refractivity contribution in [2.45, 2.75) is 25.7 Å². The van der Waals surface area contributed by atoms with Crippen LogP contribution < -0.4 is 9.47 Å². The minimum atomic E-state index is -0.910. The molecular weight excluding hydrogens is 600 g/mol. The van der Waals surface area contributed by atoms with Crippen LogP contribution in [0.15, 0.2) is 61.2 Å². The first kappa shape index (κ1) is 31.6. The molecule has 4 aliphatic heterocycles. The minimum absolute atomic E-state index is 0.000195. The van der Waals surface area contributed by atoms with Gasteiger partial charge in [0, 0.05) is 5.56 Å². The Bertz CT molecular complexity index is 1720. The van der Waals surface area contributed by atoms with Gasteiger partial charge in [0.2, 0.25) is 0 Å². The Balaban J connectivity index is 1.38. The summed E-state index contributed by atoms with van der Waals surface area (Å²) in [6.45, 7) is 4.11. The lowest BCUT2D eigenvalue weighted by atomic mass is 10.0. The summed E-state index contributed by atoms with van der Waals surface area (Å²) in [6, 6.07) is 11.7. The second-order valence-corrected chi connectivity index (χ2v) is 10.1. The zero-order valence-corrected chi connectivity index (χ0v) is 24.5. The number of hydrogen-bond acceptors (Lipinski definition) is 12. The summed E-state index contributed by atoms with van der Waals surface area (Å²) in [6.07, 6.45) is 3.24. The molecule has 0 saturated carbocycles. The summed E-state index contributed by atoms with van der Waals surface area (Å²) in [5, 5.41) is 0. The van der Waals surface area contributed by atoms with Gasteiger partial charge in [-0.2, -0.15) is 0 Å². The van der Waals surface area contributed by atoms with Crippen molar-refractivity contribution < 1.29 is 57.2 Å². The molecule has 4 aliphatic rings. The zero-order chi connectivity index (χ0) is 32.6. The first-order valence-corrected chi connectivity index (χ1v) is 14.4. The number of benzene rings is 3. The lowest BCUT2D eigenvalue weighted by molar-refractivity contribution is 0.0421. The van der Waals surface area contributed by atoms with Crippen LogP contribution in [0.1, 0.15) is 93.4 Å². The van der Waals surface area contributed by atoms with Crippen LogP contribution in [-0.2, 0) is 18.9 Å². The van der Waals surface area contributed by atoms with Gasteiger partial charge in [0.1, 0.15) is 16.9 Å². The predicted molar refractivity (Wildman–Crippen MR) is 159 cm³/mol. The highest BCUT2D eigenvalue weighted by molar-refractivity contribution is 6.03. The first-order valence-electron chi connectivity index (χ1n) is 14.4. The van der Waals surface area contributed by atoms with Gasteiger partial charge in [0.05, 0.1) is 48.7 Å². The molecule has 0 unspecified atom stereocenters. The van der Waals surface area contributed by atoms with Crippen LogP contribution in [0.5, 0.6) is 11.5 Å². The van der Waals surface area contributed by atoms with E-state index in [0.29, 0.717) is 25.7 Å². The van der Waals surface area contributed by atoms with Crippen LogP contribution in [0.3, 0.4) is 0 Å². The molecule has 236 valence electrons. The van der Waals surface area contributed by atoms with E-state index in [1.54, 1.807) is 0 Å². The van der Waals surface area contributed by atoms with Crippen LogP contribution in [0, 0.1) is 0 Å². The topological polar surface area (TPSA) is 158 Å². The van der Waals surface area contributed by atoms with Crippen LogP contribution in [0.2, 0.25) is 0 Å². The zero-order valence-electron chi connectivity index (χ0n) is 24.5. The highest BCUT2D eigenvalue weighted by atomic mass is 16.6. The number of esters is 6. The molecule has 0 amide bonds. The van der Waals surface area contributed by atoms with E-state index in [-0.39, 0.29) is 76.9 Å². The Labute approximate surface area is 262 Å². The van der Waals surface area contributed by atoms with Gasteiger partial charge in [-0.05, 0) is 80.3 Å². The van der Waals surface area contributed by atoms with Crippen molar-refractivity contribution in [3.05, 3.63) is 100 Å². The van der Waals surface area contributed by atoms with Gasteiger partial charge in [-0.15, -0.1) is 0 Å². The van der Waals surface area contributed by atoms with Crippen molar-refractivity contribution >= 4 is 41.9 Å². The Morgan fingerprint density at radius 3 is 1.61 bits per heavy atom. The lowest BCUT2D eigenvalue weighted by Gasteiger charge is -2.17. The maximum absolute atomic E-state index is 13.2. The van der Waals surface area contributed by atoms with Crippen molar-refractivity contribution in [1.29, 1.82) is 0 Å². The highest BCUT2D eigenvalue weighted by Crippen LogP contribution is 2.32. The quantitative estimate of drug-likeness (QED) is 0.212. The maximum Gasteiger partial charge on any atom is 0.343 e. The van der Waals surface area contributed by atoms with Gasteiger partial charge in [-0.25, -0.2) is 28.8 Å². The normalized spacial score (nSPS) is 15.4. The van der Waals surface area contributed by atoms with E-state index in [0.717, 1.165) is 0 Å². The number of carbonyl (C=O) groups is 6. The number of ether oxygens (including phenoxy) is 6. The molecule has 4 heterocycles. The molecule has 0 N–H and O–H groups in total. The maximum atomic E-state index is 13.2. The van der Waals surface area contributed by atoms with Crippen LogP contribution in [0.25, 0.3) is 6.08 Å². The number of hydrogen-bond donors (Lipinski definition) is 0. The molecule has 12 heteroatoms. The average molecular weight is 629 g/mol. The van der Waals surface area contributed by atoms with E-state index in [9.17, 15) is 28.8 Å². The van der Waals surface area contributed by atoms with Crippen molar-refractivity contribution in [2.75, 3.05) is 26.4 Å². The van der Waals surface area contributed by atoms with Crippen LogP contribution in [-0.4, -0.2) is 62.2 Å². The molecule has 12 nitrogen and oxygen atoms in total. The number of carbonyl (C=O) groups excluding carboxylic acids is 6. The Kier molecular flexibility index (Phi) is 9.86. The highest BCUT2D eigenvalue weighted by Gasteiger charge is 2.27.